The Kier molecular flexibility index (Phi) is 11.1. The summed E-state index contributed by atoms with van der Waals surface area (Å²) in [5, 5.41) is 1.28. The minimum absolute atomic E-state index is 0.0492. The first kappa shape index (κ1) is 46.9. The average Bonchev–Trinajstić information content (AvgIpc) is 4.26. The predicted octanol–water partition coefficient (Wildman–Crippen LogP) is 18.9. The maximum Gasteiger partial charge on any atom is 0.248 e. The standard InChI is InChI=1S/C72H58BN3S/c1-46(2)53-42-64-68-65(43-53)76(69-47(3)22-20-23-48(69)4)63-45-58(74(56-30-14-9-15-31-56)57-32-21-29-51(39-57)67-44-52-28-16-19-35-66(52)77-67)36-37-62(63)73(68)71-70(60-33-17-18-34-61(60)72(71,5)6)75(64)59-40-54(49-24-10-7-11-25-49)38-55(41-59)50-26-12-8-13-27-50/h7-46H,1-6H3. The number of aryl methyl sites for hydroxylation is 2. The summed E-state index contributed by atoms with van der Waals surface area (Å²) >= 11 is 1.86. The van der Waals surface area contributed by atoms with Gasteiger partial charge in [-0.05, 0) is 165 Å². The molecule has 2 aliphatic heterocycles. The second-order valence-corrected chi connectivity index (χ2v) is 23.1. The van der Waals surface area contributed by atoms with Crippen molar-refractivity contribution in [2.24, 2.45) is 0 Å². The summed E-state index contributed by atoms with van der Waals surface area (Å²) in [5.74, 6) is 0.254. The zero-order chi connectivity index (χ0) is 52.1. The van der Waals surface area contributed by atoms with Crippen LogP contribution in [0.5, 0.6) is 0 Å². The van der Waals surface area contributed by atoms with Gasteiger partial charge in [-0.25, -0.2) is 0 Å². The lowest BCUT2D eigenvalue weighted by atomic mass is 9.30. The van der Waals surface area contributed by atoms with Crippen LogP contribution in [0.3, 0.4) is 0 Å². The van der Waals surface area contributed by atoms with Crippen LogP contribution in [0.15, 0.2) is 242 Å². The molecule has 0 N–H and O–H groups in total. The predicted molar refractivity (Wildman–Crippen MR) is 331 cm³/mol. The van der Waals surface area contributed by atoms with Crippen molar-refractivity contribution in [2.45, 2.75) is 52.9 Å². The van der Waals surface area contributed by atoms with E-state index in [-0.39, 0.29) is 18.0 Å². The van der Waals surface area contributed by atoms with Crippen LogP contribution in [0.2, 0.25) is 0 Å². The quantitative estimate of drug-likeness (QED) is 0.133. The molecular formula is C72H58BN3S. The number of benzene rings is 10. The fourth-order valence-electron chi connectivity index (χ4n) is 13.0. The molecule has 0 unspecified atom stereocenters. The maximum absolute atomic E-state index is 2.67. The van der Waals surface area contributed by atoms with Gasteiger partial charge >= 0.3 is 0 Å². The van der Waals surface area contributed by atoms with E-state index in [1.807, 2.05) is 11.3 Å². The number of fused-ring (bicyclic) bond motifs is 6. The molecule has 0 spiro atoms. The number of rotatable bonds is 9. The lowest BCUT2D eigenvalue weighted by molar-refractivity contribution is 0.666. The smallest absolute Gasteiger partial charge is 0.248 e. The van der Waals surface area contributed by atoms with Crippen molar-refractivity contribution < 1.29 is 0 Å². The first-order chi connectivity index (χ1) is 37.6. The van der Waals surface area contributed by atoms with Gasteiger partial charge in [0.05, 0.1) is 5.69 Å². The average molecular weight is 1010 g/mol. The summed E-state index contributed by atoms with van der Waals surface area (Å²) in [6, 6.07) is 88.6. The van der Waals surface area contributed by atoms with Crippen molar-refractivity contribution in [1.29, 1.82) is 0 Å². The van der Waals surface area contributed by atoms with Gasteiger partial charge in [-0.3, -0.25) is 0 Å². The molecule has 370 valence electrons. The van der Waals surface area contributed by atoms with E-state index >= 15 is 0 Å². The highest BCUT2D eigenvalue weighted by atomic mass is 32.1. The van der Waals surface area contributed by atoms with Crippen molar-refractivity contribution in [3.63, 3.8) is 0 Å². The van der Waals surface area contributed by atoms with Crippen molar-refractivity contribution in [3.05, 3.63) is 270 Å². The molecule has 10 aromatic carbocycles. The molecule has 0 radical (unpaired) electrons. The van der Waals surface area contributed by atoms with E-state index in [2.05, 4.69) is 293 Å². The molecule has 77 heavy (non-hydrogen) atoms. The molecule has 14 rings (SSSR count). The number of thiophene rings is 1. The van der Waals surface area contributed by atoms with Crippen LogP contribution < -0.4 is 25.6 Å². The Hall–Kier alpha value is -8.64. The Morgan fingerprint density at radius 3 is 1.75 bits per heavy atom. The highest BCUT2D eigenvalue weighted by Crippen LogP contribution is 2.57. The molecule has 1 aromatic heterocycles. The van der Waals surface area contributed by atoms with Crippen LogP contribution in [-0.2, 0) is 5.41 Å². The SMILES string of the molecule is Cc1cccc(C)c1N1c2cc(N(c3ccccc3)c3cccc(-c4cc5ccccc5s4)c3)ccc2B2C3=C(c4ccccc4C3(C)C)N(c3cc(-c4ccccc4)cc(-c4ccccc4)c3)c3cc(C(C)C)cc1c32. The lowest BCUT2D eigenvalue weighted by Gasteiger charge is -2.47. The molecule has 0 saturated carbocycles. The molecule has 0 bridgehead atoms. The summed E-state index contributed by atoms with van der Waals surface area (Å²) in [6.07, 6.45) is 0. The van der Waals surface area contributed by atoms with E-state index in [0.29, 0.717) is 0 Å². The second kappa shape index (κ2) is 18.3. The van der Waals surface area contributed by atoms with Gasteiger partial charge in [0.15, 0.2) is 0 Å². The Balaban J connectivity index is 1.06. The first-order valence-electron chi connectivity index (χ1n) is 27.1. The topological polar surface area (TPSA) is 9.72 Å². The first-order valence-corrected chi connectivity index (χ1v) is 28.0. The van der Waals surface area contributed by atoms with Gasteiger partial charge in [0, 0.05) is 66.1 Å². The van der Waals surface area contributed by atoms with Crippen molar-refractivity contribution in [2.75, 3.05) is 14.7 Å². The highest BCUT2D eigenvalue weighted by molar-refractivity contribution is 7.22. The van der Waals surface area contributed by atoms with Gasteiger partial charge < -0.3 is 14.7 Å². The molecule has 0 amide bonds. The van der Waals surface area contributed by atoms with Crippen LogP contribution in [0.25, 0.3) is 48.5 Å². The molecule has 3 aliphatic rings. The van der Waals surface area contributed by atoms with Gasteiger partial charge in [0.1, 0.15) is 0 Å². The minimum atomic E-state index is -0.320. The van der Waals surface area contributed by atoms with Crippen molar-refractivity contribution >= 4 is 90.3 Å². The number of para-hydroxylation sites is 2. The summed E-state index contributed by atoms with van der Waals surface area (Å²) in [7, 11) is 0. The van der Waals surface area contributed by atoms with Crippen molar-refractivity contribution in [3.8, 4) is 32.7 Å². The Morgan fingerprint density at radius 2 is 1.06 bits per heavy atom. The molecule has 3 nitrogen and oxygen atoms in total. The van der Waals surface area contributed by atoms with Crippen LogP contribution in [-0.4, -0.2) is 6.71 Å². The largest absolute Gasteiger partial charge is 0.311 e. The second-order valence-electron chi connectivity index (χ2n) is 22.0. The third-order valence-electron chi connectivity index (χ3n) is 16.6. The number of allylic oxidation sites excluding steroid dienone is 1. The van der Waals surface area contributed by atoms with Gasteiger partial charge in [0.2, 0.25) is 6.71 Å². The van der Waals surface area contributed by atoms with Gasteiger partial charge in [-0.1, -0.05) is 191 Å². The lowest BCUT2D eigenvalue weighted by Crippen LogP contribution is -2.57. The van der Waals surface area contributed by atoms with Crippen LogP contribution in [0, 0.1) is 13.8 Å². The molecule has 5 heteroatoms. The Bertz CT molecular complexity index is 4040. The number of nitrogens with zero attached hydrogens (tertiary/aromatic N) is 3. The molecule has 0 atom stereocenters. The van der Waals surface area contributed by atoms with Gasteiger partial charge in [-0.2, -0.15) is 0 Å². The summed E-state index contributed by atoms with van der Waals surface area (Å²) in [4.78, 5) is 9.04. The highest BCUT2D eigenvalue weighted by Gasteiger charge is 2.53. The summed E-state index contributed by atoms with van der Waals surface area (Å²) in [5.41, 5.74) is 26.9. The monoisotopic (exact) mass is 1010 g/mol. The van der Waals surface area contributed by atoms with E-state index in [0.717, 1.165) is 22.7 Å². The molecule has 11 aromatic rings. The van der Waals surface area contributed by atoms with E-state index < -0.39 is 0 Å². The zero-order valence-corrected chi connectivity index (χ0v) is 45.2. The molecule has 1 aliphatic carbocycles. The number of hydrogen-bond donors (Lipinski definition) is 0. The van der Waals surface area contributed by atoms with Crippen molar-refractivity contribution in [1.82, 2.24) is 0 Å². The van der Waals surface area contributed by atoms with E-state index in [1.165, 1.54) is 115 Å². The molecular weight excluding hydrogens is 950 g/mol. The minimum Gasteiger partial charge on any atom is -0.311 e. The fraction of sp³-hybridized carbons (Fsp3) is 0.111. The summed E-state index contributed by atoms with van der Waals surface area (Å²) < 4.78 is 1.30. The van der Waals surface area contributed by atoms with E-state index in [4.69, 9.17) is 0 Å². The third-order valence-corrected chi connectivity index (χ3v) is 17.8. The molecule has 0 fully saturated rings. The van der Waals surface area contributed by atoms with Crippen LogP contribution in [0.1, 0.15) is 61.4 Å². The van der Waals surface area contributed by atoms with Crippen LogP contribution >= 0.6 is 11.3 Å². The maximum atomic E-state index is 2.67. The Morgan fingerprint density at radius 1 is 0.481 bits per heavy atom. The van der Waals surface area contributed by atoms with E-state index in [9.17, 15) is 0 Å². The normalized spacial score (nSPS) is 13.9. The van der Waals surface area contributed by atoms with Crippen LogP contribution in [0.4, 0.5) is 45.5 Å². The third kappa shape index (κ3) is 7.62. The number of hydrogen-bond acceptors (Lipinski definition) is 4. The van der Waals surface area contributed by atoms with E-state index in [1.54, 1.807) is 0 Å². The zero-order valence-electron chi connectivity index (χ0n) is 44.4. The Labute approximate surface area is 457 Å². The van der Waals surface area contributed by atoms with Gasteiger partial charge in [-0.15, -0.1) is 11.3 Å². The fourth-order valence-corrected chi connectivity index (χ4v) is 14.0. The molecule has 3 heterocycles. The van der Waals surface area contributed by atoms with Gasteiger partial charge in [0.25, 0.3) is 0 Å². The number of anilines is 8. The molecule has 0 saturated heterocycles. The summed E-state index contributed by atoms with van der Waals surface area (Å²) in [6.45, 7) is 14.2.